The topological polar surface area (TPSA) is 30.5 Å². The van der Waals surface area contributed by atoms with Gasteiger partial charge in [-0.1, -0.05) is 31.9 Å². The first-order valence-electron chi connectivity index (χ1n) is 7.06. The van der Waals surface area contributed by atoms with E-state index >= 15 is 0 Å². The van der Waals surface area contributed by atoms with Crippen molar-refractivity contribution in [1.82, 2.24) is 5.32 Å². The lowest BCUT2D eigenvalue weighted by Gasteiger charge is -2.21. The summed E-state index contributed by atoms with van der Waals surface area (Å²) in [5, 5.41) is 4.20. The van der Waals surface area contributed by atoms with Crippen LogP contribution in [0.5, 0.6) is 11.5 Å². The molecule has 0 saturated carbocycles. The number of nitrogens with one attached hydrogen (secondary N) is 1. The second-order valence-corrected chi connectivity index (χ2v) is 5.28. The smallest absolute Gasteiger partial charge is 0.179 e. The van der Waals surface area contributed by atoms with Crippen LogP contribution in [0.2, 0.25) is 5.02 Å². The average molecular weight is 284 g/mol. The van der Waals surface area contributed by atoms with E-state index in [1.165, 1.54) is 12.8 Å². The molecule has 106 valence electrons. The highest BCUT2D eigenvalue weighted by molar-refractivity contribution is 6.32. The summed E-state index contributed by atoms with van der Waals surface area (Å²) in [7, 11) is 0. The zero-order valence-corrected chi connectivity index (χ0v) is 12.4. The van der Waals surface area contributed by atoms with Crippen molar-refractivity contribution in [1.29, 1.82) is 0 Å². The van der Waals surface area contributed by atoms with Crippen LogP contribution >= 0.6 is 11.6 Å². The maximum absolute atomic E-state index is 6.22. The van der Waals surface area contributed by atoms with Crippen LogP contribution in [0.4, 0.5) is 0 Å². The van der Waals surface area contributed by atoms with Crippen molar-refractivity contribution < 1.29 is 9.47 Å². The Balaban J connectivity index is 2.02. The molecule has 3 nitrogen and oxygen atoms in total. The van der Waals surface area contributed by atoms with E-state index in [-0.39, 0.29) is 0 Å². The largest absolute Gasteiger partial charge is 0.486 e. The molecule has 1 aliphatic rings. The van der Waals surface area contributed by atoms with Gasteiger partial charge in [0.2, 0.25) is 0 Å². The molecular formula is C15H22ClNO2. The van der Waals surface area contributed by atoms with Crippen molar-refractivity contribution >= 4 is 11.6 Å². The Morgan fingerprint density at radius 3 is 2.79 bits per heavy atom. The normalized spacial score (nSPS) is 15.3. The summed E-state index contributed by atoms with van der Waals surface area (Å²) in [6, 6.07) is 4.55. The Hall–Kier alpha value is -0.930. The third kappa shape index (κ3) is 3.77. The van der Waals surface area contributed by atoms with Crippen molar-refractivity contribution in [2.45, 2.75) is 45.7 Å². The summed E-state index contributed by atoms with van der Waals surface area (Å²) in [6.07, 6.45) is 3.55. The van der Waals surface area contributed by atoms with E-state index in [1.807, 2.05) is 12.1 Å². The number of hydrogen-bond donors (Lipinski definition) is 1. The molecule has 0 amide bonds. The van der Waals surface area contributed by atoms with Gasteiger partial charge in [0.1, 0.15) is 13.2 Å². The van der Waals surface area contributed by atoms with Crippen molar-refractivity contribution in [2.24, 2.45) is 0 Å². The zero-order chi connectivity index (χ0) is 13.7. The van der Waals surface area contributed by atoms with Crippen molar-refractivity contribution in [3.63, 3.8) is 0 Å². The van der Waals surface area contributed by atoms with Crippen molar-refractivity contribution in [3.05, 3.63) is 22.7 Å². The SMILES string of the molecule is CCCC(CC)NCc1cc(Cl)c2c(c1)OCCO2. The van der Waals surface area contributed by atoms with Gasteiger partial charge in [0.15, 0.2) is 11.5 Å². The van der Waals surface area contributed by atoms with Crippen molar-refractivity contribution in [2.75, 3.05) is 13.2 Å². The lowest BCUT2D eigenvalue weighted by atomic mass is 10.1. The molecule has 19 heavy (non-hydrogen) atoms. The molecule has 2 rings (SSSR count). The quantitative estimate of drug-likeness (QED) is 0.862. The molecule has 1 unspecified atom stereocenters. The Morgan fingerprint density at radius 1 is 1.26 bits per heavy atom. The lowest BCUT2D eigenvalue weighted by molar-refractivity contribution is 0.171. The zero-order valence-electron chi connectivity index (χ0n) is 11.7. The third-order valence-electron chi connectivity index (χ3n) is 3.38. The summed E-state index contributed by atoms with van der Waals surface area (Å²) in [5.41, 5.74) is 1.14. The predicted octanol–water partition coefficient (Wildman–Crippen LogP) is 3.78. The van der Waals surface area contributed by atoms with Gasteiger partial charge in [0.25, 0.3) is 0 Å². The summed E-state index contributed by atoms with van der Waals surface area (Å²) in [6.45, 7) is 6.40. The van der Waals surface area contributed by atoms with Crippen molar-refractivity contribution in [3.8, 4) is 11.5 Å². The van der Waals surface area contributed by atoms with Gasteiger partial charge in [-0.3, -0.25) is 0 Å². The van der Waals surface area contributed by atoms with Crippen LogP contribution in [0, 0.1) is 0 Å². The Labute approximate surface area is 120 Å². The molecule has 0 fully saturated rings. The van der Waals surface area contributed by atoms with Crippen LogP contribution in [0.25, 0.3) is 0 Å². The van der Waals surface area contributed by atoms with Crippen LogP contribution < -0.4 is 14.8 Å². The molecular weight excluding hydrogens is 262 g/mol. The second kappa shape index (κ2) is 7.01. The summed E-state index contributed by atoms with van der Waals surface area (Å²) in [5.74, 6) is 1.44. The molecule has 0 bridgehead atoms. The Morgan fingerprint density at radius 2 is 2.05 bits per heavy atom. The van der Waals surface area contributed by atoms with Gasteiger partial charge in [-0.15, -0.1) is 0 Å². The first-order valence-corrected chi connectivity index (χ1v) is 7.43. The van der Waals surface area contributed by atoms with Crippen LogP contribution in [0.3, 0.4) is 0 Å². The maximum atomic E-state index is 6.22. The van der Waals surface area contributed by atoms with Gasteiger partial charge in [-0.05, 0) is 30.5 Å². The highest BCUT2D eigenvalue weighted by Crippen LogP contribution is 2.38. The molecule has 0 saturated heterocycles. The summed E-state index contributed by atoms with van der Waals surface area (Å²) >= 11 is 6.22. The highest BCUT2D eigenvalue weighted by Gasteiger charge is 2.16. The number of hydrogen-bond acceptors (Lipinski definition) is 3. The van der Waals surface area contributed by atoms with E-state index in [0.717, 1.165) is 24.3 Å². The molecule has 0 radical (unpaired) electrons. The van der Waals surface area contributed by atoms with Crippen LogP contribution in [-0.2, 0) is 6.54 Å². The minimum absolute atomic E-state index is 0.567. The first-order chi connectivity index (χ1) is 9.24. The molecule has 0 aliphatic carbocycles. The highest BCUT2D eigenvalue weighted by atomic mass is 35.5. The number of fused-ring (bicyclic) bond motifs is 1. The lowest BCUT2D eigenvalue weighted by Crippen LogP contribution is -2.27. The van der Waals surface area contributed by atoms with E-state index in [4.69, 9.17) is 21.1 Å². The standard InChI is InChI=1S/C15H22ClNO2/c1-3-5-12(4-2)17-10-11-8-13(16)15-14(9-11)18-6-7-19-15/h8-9,12,17H,3-7,10H2,1-2H3. The molecule has 0 spiro atoms. The second-order valence-electron chi connectivity index (χ2n) is 4.88. The number of ether oxygens (including phenoxy) is 2. The average Bonchev–Trinajstić information content (AvgIpc) is 2.43. The predicted molar refractivity (Wildman–Crippen MR) is 78.3 cm³/mol. The van der Waals surface area contributed by atoms with Gasteiger partial charge >= 0.3 is 0 Å². The number of benzene rings is 1. The third-order valence-corrected chi connectivity index (χ3v) is 3.66. The van der Waals surface area contributed by atoms with Crippen LogP contribution in [-0.4, -0.2) is 19.3 Å². The molecule has 1 atom stereocenters. The monoisotopic (exact) mass is 283 g/mol. The van der Waals surface area contributed by atoms with Gasteiger partial charge in [-0.25, -0.2) is 0 Å². The first kappa shape index (κ1) is 14.5. The molecule has 1 aliphatic heterocycles. The fourth-order valence-corrected chi connectivity index (χ4v) is 2.62. The Kier molecular flexibility index (Phi) is 5.34. The molecule has 1 aromatic carbocycles. The Bertz CT molecular complexity index is 423. The number of halogens is 1. The van der Waals surface area contributed by atoms with E-state index < -0.39 is 0 Å². The fourth-order valence-electron chi connectivity index (χ4n) is 2.33. The van der Waals surface area contributed by atoms with E-state index in [1.54, 1.807) is 0 Å². The minimum Gasteiger partial charge on any atom is -0.486 e. The molecule has 1 N–H and O–H groups in total. The van der Waals surface area contributed by atoms with E-state index in [9.17, 15) is 0 Å². The van der Waals surface area contributed by atoms with Crippen LogP contribution in [0.1, 0.15) is 38.7 Å². The minimum atomic E-state index is 0.567. The van der Waals surface area contributed by atoms with Gasteiger partial charge < -0.3 is 14.8 Å². The summed E-state index contributed by atoms with van der Waals surface area (Å²) in [4.78, 5) is 0. The van der Waals surface area contributed by atoms with Gasteiger partial charge in [-0.2, -0.15) is 0 Å². The van der Waals surface area contributed by atoms with Crippen LogP contribution in [0.15, 0.2) is 12.1 Å². The van der Waals surface area contributed by atoms with E-state index in [2.05, 4.69) is 19.2 Å². The molecule has 4 heteroatoms. The van der Waals surface area contributed by atoms with E-state index in [0.29, 0.717) is 30.0 Å². The molecule has 1 heterocycles. The molecule has 1 aromatic rings. The number of rotatable bonds is 6. The van der Waals surface area contributed by atoms with Gasteiger partial charge in [0, 0.05) is 12.6 Å². The fraction of sp³-hybridized carbons (Fsp3) is 0.600. The van der Waals surface area contributed by atoms with Gasteiger partial charge in [0.05, 0.1) is 5.02 Å². The maximum Gasteiger partial charge on any atom is 0.179 e. The molecule has 0 aromatic heterocycles. The summed E-state index contributed by atoms with van der Waals surface area (Å²) < 4.78 is 11.1.